The predicted octanol–water partition coefficient (Wildman–Crippen LogP) is 3.03. The second-order valence-electron chi connectivity index (χ2n) is 3.56. The lowest BCUT2D eigenvalue weighted by atomic mass is 10.1. The maximum Gasteiger partial charge on any atom is 0.173 e. The molecule has 1 N–H and O–H groups in total. The van der Waals surface area contributed by atoms with Gasteiger partial charge in [0.05, 0.1) is 12.7 Å². The third-order valence-electron chi connectivity index (χ3n) is 2.38. The number of imidazole rings is 1. The number of benzene rings is 1. The zero-order valence-electron chi connectivity index (χ0n) is 9.41. The quantitative estimate of drug-likeness (QED) is 0.925. The lowest BCUT2D eigenvalue weighted by molar-refractivity contribution is 0.416. The lowest BCUT2D eigenvalue weighted by Gasteiger charge is -2.06. The fourth-order valence-corrected chi connectivity index (χ4v) is 1.93. The number of nitrogens with zero attached hydrogens (tertiary/aromatic N) is 2. The van der Waals surface area contributed by atoms with Gasteiger partial charge >= 0.3 is 0 Å². The van der Waals surface area contributed by atoms with Crippen molar-refractivity contribution in [1.29, 1.82) is 5.26 Å². The average Bonchev–Trinajstić information content (AvgIpc) is 2.70. The maximum atomic E-state index is 8.87. The number of nitriles is 1. The molecule has 0 saturated heterocycles. The highest BCUT2D eigenvalue weighted by atomic mass is 79.9. The summed E-state index contributed by atoms with van der Waals surface area (Å²) < 4.78 is 5.86. The first-order valence-electron chi connectivity index (χ1n) is 4.96. The van der Waals surface area contributed by atoms with Crippen LogP contribution in [-0.2, 0) is 0 Å². The Morgan fingerprint density at radius 1 is 1.47 bits per heavy atom. The van der Waals surface area contributed by atoms with E-state index in [4.69, 9.17) is 10.00 Å². The molecule has 1 aromatic heterocycles. The molecule has 86 valence electrons. The van der Waals surface area contributed by atoms with Crippen LogP contribution in [0, 0.1) is 18.3 Å². The highest BCUT2D eigenvalue weighted by Gasteiger charge is 2.13. The van der Waals surface area contributed by atoms with Gasteiger partial charge < -0.3 is 9.72 Å². The van der Waals surface area contributed by atoms with E-state index >= 15 is 0 Å². The summed E-state index contributed by atoms with van der Waals surface area (Å²) in [6.07, 6.45) is 0. The minimum absolute atomic E-state index is 0.337. The molecule has 17 heavy (non-hydrogen) atoms. The first-order valence-corrected chi connectivity index (χ1v) is 5.75. The van der Waals surface area contributed by atoms with Gasteiger partial charge in [-0.15, -0.1) is 0 Å². The van der Waals surface area contributed by atoms with Gasteiger partial charge in [0.2, 0.25) is 0 Å². The number of methoxy groups -OCH3 is 1. The van der Waals surface area contributed by atoms with E-state index in [-0.39, 0.29) is 0 Å². The molecule has 2 rings (SSSR count). The molecule has 2 aromatic rings. The lowest BCUT2D eigenvalue weighted by Crippen LogP contribution is -1.90. The van der Waals surface area contributed by atoms with Crippen LogP contribution in [0.3, 0.4) is 0 Å². The fraction of sp³-hybridized carbons (Fsp3) is 0.167. The summed E-state index contributed by atoms with van der Waals surface area (Å²) in [5, 5.41) is 8.87. The van der Waals surface area contributed by atoms with Crippen molar-refractivity contribution in [2.45, 2.75) is 6.92 Å². The van der Waals surface area contributed by atoms with Crippen LogP contribution in [0.5, 0.6) is 5.75 Å². The minimum Gasteiger partial charge on any atom is -0.496 e. The SMILES string of the molecule is COc1ccc(C)cc1-c1nc(C#N)c(Br)[nH]1. The highest BCUT2D eigenvalue weighted by molar-refractivity contribution is 9.10. The zero-order valence-corrected chi connectivity index (χ0v) is 11.0. The van der Waals surface area contributed by atoms with E-state index in [1.54, 1.807) is 7.11 Å². The van der Waals surface area contributed by atoms with Crippen molar-refractivity contribution >= 4 is 15.9 Å². The number of H-pyrrole nitrogens is 1. The van der Waals surface area contributed by atoms with Gasteiger partial charge in [-0.3, -0.25) is 0 Å². The normalized spacial score (nSPS) is 10.0. The van der Waals surface area contributed by atoms with Crippen LogP contribution in [-0.4, -0.2) is 17.1 Å². The number of aromatic amines is 1. The van der Waals surface area contributed by atoms with Gasteiger partial charge in [0.25, 0.3) is 0 Å². The van der Waals surface area contributed by atoms with Crippen LogP contribution in [0.2, 0.25) is 0 Å². The predicted molar refractivity (Wildman–Crippen MR) is 67.7 cm³/mol. The van der Waals surface area contributed by atoms with E-state index in [2.05, 4.69) is 25.9 Å². The Hall–Kier alpha value is -1.80. The van der Waals surface area contributed by atoms with Gasteiger partial charge in [0.1, 0.15) is 22.2 Å². The van der Waals surface area contributed by atoms with E-state index in [0.29, 0.717) is 16.1 Å². The number of halogens is 1. The number of hydrogen-bond donors (Lipinski definition) is 1. The van der Waals surface area contributed by atoms with Crippen molar-refractivity contribution in [3.63, 3.8) is 0 Å². The van der Waals surface area contributed by atoms with Gasteiger partial charge in [0, 0.05) is 0 Å². The van der Waals surface area contributed by atoms with Gasteiger partial charge in [-0.2, -0.15) is 5.26 Å². The molecule has 4 nitrogen and oxygen atoms in total. The topological polar surface area (TPSA) is 61.7 Å². The summed E-state index contributed by atoms with van der Waals surface area (Å²) in [7, 11) is 1.61. The Morgan fingerprint density at radius 2 is 2.24 bits per heavy atom. The number of rotatable bonds is 2. The second kappa shape index (κ2) is 4.60. The molecule has 0 bridgehead atoms. The van der Waals surface area contributed by atoms with E-state index in [9.17, 15) is 0 Å². The van der Waals surface area contributed by atoms with E-state index in [0.717, 1.165) is 16.9 Å². The number of nitrogens with one attached hydrogen (secondary N) is 1. The molecule has 0 atom stereocenters. The summed E-state index contributed by atoms with van der Waals surface area (Å²) in [6.45, 7) is 1.99. The van der Waals surface area contributed by atoms with Crippen LogP contribution in [0.15, 0.2) is 22.8 Å². The van der Waals surface area contributed by atoms with Crippen LogP contribution >= 0.6 is 15.9 Å². The first-order chi connectivity index (χ1) is 8.15. The Kier molecular flexibility index (Phi) is 3.16. The largest absolute Gasteiger partial charge is 0.496 e. The smallest absolute Gasteiger partial charge is 0.173 e. The Morgan fingerprint density at radius 3 is 2.82 bits per heavy atom. The van der Waals surface area contributed by atoms with E-state index < -0.39 is 0 Å². The summed E-state index contributed by atoms with van der Waals surface area (Å²) >= 11 is 3.26. The molecule has 0 radical (unpaired) electrons. The molecule has 0 amide bonds. The van der Waals surface area contributed by atoms with E-state index in [1.807, 2.05) is 31.2 Å². The first kappa shape index (κ1) is 11.7. The van der Waals surface area contributed by atoms with Crippen molar-refractivity contribution in [3.8, 4) is 23.2 Å². The van der Waals surface area contributed by atoms with Crippen molar-refractivity contribution in [1.82, 2.24) is 9.97 Å². The Labute approximate surface area is 107 Å². The Balaban J connectivity index is 2.59. The van der Waals surface area contributed by atoms with E-state index in [1.165, 1.54) is 0 Å². The molecule has 0 unspecified atom stereocenters. The zero-order chi connectivity index (χ0) is 12.4. The Bertz CT molecular complexity index is 598. The van der Waals surface area contributed by atoms with Crippen molar-refractivity contribution < 1.29 is 4.74 Å². The van der Waals surface area contributed by atoms with Crippen LogP contribution < -0.4 is 4.74 Å². The van der Waals surface area contributed by atoms with Crippen molar-refractivity contribution in [2.24, 2.45) is 0 Å². The van der Waals surface area contributed by atoms with Crippen LogP contribution in [0.4, 0.5) is 0 Å². The van der Waals surface area contributed by atoms with Gasteiger partial charge in [0.15, 0.2) is 5.69 Å². The number of hydrogen-bond acceptors (Lipinski definition) is 3. The minimum atomic E-state index is 0.337. The van der Waals surface area contributed by atoms with Crippen LogP contribution in [0.25, 0.3) is 11.4 Å². The standard InChI is InChI=1S/C12H10BrN3O/c1-7-3-4-10(17-2)8(5-7)12-15-9(6-14)11(13)16-12/h3-5H,1-2H3,(H,15,16). The average molecular weight is 292 g/mol. The molecule has 0 fully saturated rings. The van der Waals surface area contributed by atoms with Gasteiger partial charge in [-0.05, 0) is 35.0 Å². The fourth-order valence-electron chi connectivity index (χ4n) is 1.56. The summed E-state index contributed by atoms with van der Waals surface area (Å²) in [4.78, 5) is 7.22. The molecule has 1 aromatic carbocycles. The molecule has 0 saturated carbocycles. The summed E-state index contributed by atoms with van der Waals surface area (Å²) in [5.74, 6) is 1.34. The van der Waals surface area contributed by atoms with Crippen LogP contribution in [0.1, 0.15) is 11.3 Å². The van der Waals surface area contributed by atoms with Crippen molar-refractivity contribution in [2.75, 3.05) is 7.11 Å². The molecule has 0 spiro atoms. The molecule has 0 aliphatic heterocycles. The monoisotopic (exact) mass is 291 g/mol. The molecule has 0 aliphatic rings. The highest BCUT2D eigenvalue weighted by Crippen LogP contribution is 2.30. The van der Waals surface area contributed by atoms with Crippen molar-refractivity contribution in [3.05, 3.63) is 34.1 Å². The molecular weight excluding hydrogens is 282 g/mol. The van der Waals surface area contributed by atoms with Gasteiger partial charge in [-0.25, -0.2) is 4.98 Å². The molecule has 0 aliphatic carbocycles. The third-order valence-corrected chi connectivity index (χ3v) is 2.95. The maximum absolute atomic E-state index is 8.87. The number of aryl methyl sites for hydroxylation is 1. The third kappa shape index (κ3) is 2.17. The number of ether oxygens (including phenoxy) is 1. The molecule has 1 heterocycles. The molecule has 5 heteroatoms. The van der Waals surface area contributed by atoms with Gasteiger partial charge in [-0.1, -0.05) is 11.6 Å². The summed E-state index contributed by atoms with van der Waals surface area (Å²) in [5.41, 5.74) is 2.28. The summed E-state index contributed by atoms with van der Waals surface area (Å²) in [6, 6.07) is 7.82. The molecular formula is C12H10BrN3O. The second-order valence-corrected chi connectivity index (χ2v) is 4.36. The number of aromatic nitrogens is 2.